The Morgan fingerprint density at radius 1 is 1.21 bits per heavy atom. The summed E-state index contributed by atoms with van der Waals surface area (Å²) in [5, 5.41) is 11.6. The van der Waals surface area contributed by atoms with Gasteiger partial charge in [-0.1, -0.05) is 30.0 Å². The number of nitrogens with zero attached hydrogens (tertiary/aromatic N) is 4. The molecule has 0 unspecified atom stereocenters. The van der Waals surface area contributed by atoms with Gasteiger partial charge in [-0.2, -0.15) is 0 Å². The Morgan fingerprint density at radius 3 is 2.71 bits per heavy atom. The summed E-state index contributed by atoms with van der Waals surface area (Å²) in [4.78, 5) is 14.3. The molecule has 4 rings (SSSR count). The van der Waals surface area contributed by atoms with Crippen molar-refractivity contribution in [3.63, 3.8) is 0 Å². The van der Waals surface area contributed by atoms with E-state index in [1.165, 1.54) is 24.6 Å². The van der Waals surface area contributed by atoms with Gasteiger partial charge in [-0.25, -0.2) is 0 Å². The highest BCUT2D eigenvalue weighted by Gasteiger charge is 2.29. The van der Waals surface area contributed by atoms with Crippen LogP contribution in [0.15, 0.2) is 41.6 Å². The first-order chi connectivity index (χ1) is 13.5. The van der Waals surface area contributed by atoms with Gasteiger partial charge in [-0.3, -0.25) is 4.79 Å². The molecule has 1 heterocycles. The number of benzene rings is 2. The fraction of sp³-hybridized carbons (Fsp3) is 0.381. The van der Waals surface area contributed by atoms with E-state index in [-0.39, 0.29) is 5.91 Å². The Hall–Kier alpha value is -2.54. The number of carbonyl (C=O) groups excluding carboxylic acids is 1. The highest BCUT2D eigenvalue weighted by Crippen LogP contribution is 2.39. The molecule has 2 aromatic carbocycles. The molecule has 1 aliphatic carbocycles. The number of hydrogen-bond acceptors (Lipinski definition) is 5. The third kappa shape index (κ3) is 3.99. The van der Waals surface area contributed by atoms with Crippen LogP contribution in [0.2, 0.25) is 0 Å². The van der Waals surface area contributed by atoms with Crippen LogP contribution in [0, 0.1) is 0 Å². The van der Waals surface area contributed by atoms with Gasteiger partial charge in [0, 0.05) is 26.6 Å². The van der Waals surface area contributed by atoms with E-state index >= 15 is 0 Å². The van der Waals surface area contributed by atoms with Gasteiger partial charge < -0.3 is 14.2 Å². The van der Waals surface area contributed by atoms with E-state index in [0.717, 1.165) is 33.1 Å². The van der Waals surface area contributed by atoms with Crippen LogP contribution >= 0.6 is 11.8 Å². The number of hydrogen-bond donors (Lipinski definition) is 0. The minimum Gasteiger partial charge on any atom is -0.497 e. The highest BCUT2D eigenvalue weighted by atomic mass is 32.2. The molecule has 7 heteroatoms. The predicted octanol–water partition coefficient (Wildman–Crippen LogP) is 3.61. The van der Waals surface area contributed by atoms with Crippen LogP contribution < -0.4 is 4.74 Å². The van der Waals surface area contributed by atoms with Crippen molar-refractivity contribution in [2.24, 2.45) is 7.05 Å². The van der Waals surface area contributed by atoms with E-state index in [4.69, 9.17) is 4.74 Å². The lowest BCUT2D eigenvalue weighted by Crippen LogP contribution is -2.27. The summed E-state index contributed by atoms with van der Waals surface area (Å²) in [5.41, 5.74) is 1.10. The Balaban J connectivity index is 1.36. The van der Waals surface area contributed by atoms with E-state index in [2.05, 4.69) is 28.4 Å². The number of carbonyl (C=O) groups is 1. The van der Waals surface area contributed by atoms with Crippen molar-refractivity contribution in [3.05, 3.63) is 47.8 Å². The van der Waals surface area contributed by atoms with Crippen molar-refractivity contribution >= 4 is 28.4 Å². The molecule has 1 amide bonds. The quantitative estimate of drug-likeness (QED) is 0.571. The Morgan fingerprint density at radius 2 is 1.96 bits per heavy atom. The molecular weight excluding hydrogens is 372 g/mol. The monoisotopic (exact) mass is 396 g/mol. The SMILES string of the molecule is COc1ccc2cc(CN(C)C(=O)CSc3nnc(C4CC4)n3C)ccc2c1. The zero-order chi connectivity index (χ0) is 19.7. The molecule has 1 saturated carbocycles. The van der Waals surface area contributed by atoms with E-state index in [1.807, 2.05) is 36.9 Å². The zero-order valence-electron chi connectivity index (χ0n) is 16.4. The largest absolute Gasteiger partial charge is 0.497 e. The van der Waals surface area contributed by atoms with E-state index in [0.29, 0.717) is 18.2 Å². The van der Waals surface area contributed by atoms with Gasteiger partial charge in [0.1, 0.15) is 11.6 Å². The molecule has 0 spiro atoms. The van der Waals surface area contributed by atoms with Crippen molar-refractivity contribution in [3.8, 4) is 5.75 Å². The average molecular weight is 397 g/mol. The average Bonchev–Trinajstić information content (AvgIpc) is 3.48. The summed E-state index contributed by atoms with van der Waals surface area (Å²) in [6, 6.07) is 12.3. The second-order valence-electron chi connectivity index (χ2n) is 7.26. The number of thioether (sulfide) groups is 1. The summed E-state index contributed by atoms with van der Waals surface area (Å²) < 4.78 is 7.29. The Bertz CT molecular complexity index is 1010. The summed E-state index contributed by atoms with van der Waals surface area (Å²) in [6.07, 6.45) is 2.38. The number of fused-ring (bicyclic) bond motifs is 1. The van der Waals surface area contributed by atoms with Gasteiger partial charge in [0.2, 0.25) is 5.91 Å². The molecule has 0 atom stereocenters. The second-order valence-corrected chi connectivity index (χ2v) is 8.20. The van der Waals surface area contributed by atoms with E-state index in [1.54, 1.807) is 12.0 Å². The lowest BCUT2D eigenvalue weighted by Gasteiger charge is -2.17. The first-order valence-electron chi connectivity index (χ1n) is 9.38. The molecule has 6 nitrogen and oxygen atoms in total. The minimum absolute atomic E-state index is 0.0794. The smallest absolute Gasteiger partial charge is 0.233 e. The maximum Gasteiger partial charge on any atom is 0.233 e. The van der Waals surface area contributed by atoms with Gasteiger partial charge in [0.25, 0.3) is 0 Å². The fourth-order valence-corrected chi connectivity index (χ4v) is 4.10. The molecule has 0 saturated heterocycles. The molecule has 0 aliphatic heterocycles. The number of methoxy groups -OCH3 is 1. The summed E-state index contributed by atoms with van der Waals surface area (Å²) in [7, 11) is 5.49. The molecule has 146 valence electrons. The number of rotatable bonds is 7. The number of ether oxygens (including phenoxy) is 1. The normalized spacial score (nSPS) is 13.7. The highest BCUT2D eigenvalue weighted by molar-refractivity contribution is 7.99. The summed E-state index contributed by atoms with van der Waals surface area (Å²) in [6.45, 7) is 0.577. The van der Waals surface area contributed by atoms with Gasteiger partial charge in [-0.05, 0) is 47.4 Å². The molecule has 0 radical (unpaired) electrons. The van der Waals surface area contributed by atoms with Crippen molar-refractivity contribution in [2.45, 2.75) is 30.5 Å². The third-order valence-electron chi connectivity index (χ3n) is 5.09. The third-order valence-corrected chi connectivity index (χ3v) is 6.10. The van der Waals surface area contributed by atoms with Gasteiger partial charge in [0.15, 0.2) is 5.16 Å². The van der Waals surface area contributed by atoms with Crippen LogP contribution in [0.5, 0.6) is 5.75 Å². The van der Waals surface area contributed by atoms with Gasteiger partial charge >= 0.3 is 0 Å². The van der Waals surface area contributed by atoms with E-state index in [9.17, 15) is 4.79 Å². The first kappa shape index (κ1) is 18.8. The first-order valence-corrected chi connectivity index (χ1v) is 10.4. The maximum atomic E-state index is 12.6. The number of aromatic nitrogens is 3. The molecule has 1 aromatic heterocycles. The van der Waals surface area contributed by atoms with Crippen molar-refractivity contribution in [1.29, 1.82) is 0 Å². The van der Waals surface area contributed by atoms with Crippen molar-refractivity contribution in [1.82, 2.24) is 19.7 Å². The lowest BCUT2D eigenvalue weighted by atomic mass is 10.1. The number of amides is 1. The molecule has 0 bridgehead atoms. The van der Waals surface area contributed by atoms with Crippen LogP contribution in [0.25, 0.3) is 10.8 Å². The minimum atomic E-state index is 0.0794. The molecule has 1 fully saturated rings. The lowest BCUT2D eigenvalue weighted by molar-refractivity contribution is -0.127. The fourth-order valence-electron chi connectivity index (χ4n) is 3.25. The molecule has 3 aromatic rings. The Labute approximate surface area is 168 Å². The zero-order valence-corrected chi connectivity index (χ0v) is 17.2. The van der Waals surface area contributed by atoms with Crippen LogP contribution in [0.4, 0.5) is 0 Å². The van der Waals surface area contributed by atoms with Gasteiger partial charge in [0.05, 0.1) is 12.9 Å². The molecule has 1 aliphatic rings. The van der Waals surface area contributed by atoms with Crippen molar-refractivity contribution < 1.29 is 9.53 Å². The summed E-state index contributed by atoms with van der Waals surface area (Å²) >= 11 is 1.45. The molecule has 28 heavy (non-hydrogen) atoms. The van der Waals surface area contributed by atoms with Gasteiger partial charge in [-0.15, -0.1) is 10.2 Å². The topological polar surface area (TPSA) is 60.2 Å². The van der Waals surface area contributed by atoms with E-state index < -0.39 is 0 Å². The molecular formula is C21H24N4O2S. The van der Waals surface area contributed by atoms with Crippen LogP contribution in [-0.2, 0) is 18.4 Å². The standard InChI is InChI=1S/C21H24N4O2S/c1-24(12-14-4-5-17-11-18(27-3)9-8-16(17)10-14)19(26)13-28-21-23-22-20(25(21)2)15-6-7-15/h4-5,8-11,15H,6-7,12-13H2,1-3H3. The van der Waals surface area contributed by atoms with Crippen LogP contribution in [0.3, 0.4) is 0 Å². The Kier molecular flexibility index (Phi) is 5.26. The van der Waals surface area contributed by atoms with Crippen LogP contribution in [0.1, 0.15) is 30.1 Å². The molecule has 0 N–H and O–H groups in total. The van der Waals surface area contributed by atoms with Crippen LogP contribution in [-0.4, -0.2) is 45.5 Å². The maximum absolute atomic E-state index is 12.6. The second kappa shape index (κ2) is 7.83. The summed E-state index contributed by atoms with van der Waals surface area (Å²) in [5.74, 6) is 2.88. The van der Waals surface area contributed by atoms with Crippen molar-refractivity contribution in [2.75, 3.05) is 19.9 Å². The predicted molar refractivity (Wildman–Crippen MR) is 111 cm³/mol.